The predicted molar refractivity (Wildman–Crippen MR) is 346 cm³/mol. The van der Waals surface area contributed by atoms with Crippen molar-refractivity contribution in [2.45, 2.75) is 49.1 Å². The standard InChI is InChI=1S/C31H27FIN5O5.C23H19FIN5O4.2CH4.Al.3ClH/c1-17-27-26(28(36(3)29(17)40)35-25-13-10-20(33)14-24(25)32)30(41)37(16-19-8-11-23(43-4)12-9-19)31(42)38(27)22-7-5-6-21(15-22)34-18(2)39;1-11-19-18(20(29(3)22(11)33)27-17-8-7-13(25)9-16(17)24)21(32)28-23(34)30(19)15-6-4-5-14(10-15)26-12(2)31;;;;;;/h5-15,35H,16H2,1-4H3,(H,34,39);4-10,27H,1-3H3,(H,26,31)(H,28,32,34);2*1H4;;3*1H/q;;;;+3;;;/p-3. The van der Waals surface area contributed by atoms with Crippen LogP contribution in [0.4, 0.5) is 43.2 Å². The maximum absolute atomic E-state index is 15.0. The van der Waals surface area contributed by atoms with E-state index in [1.54, 1.807) is 84.9 Å². The number of aryl methyl sites for hydroxylation is 2. The Kier molecular flexibility index (Phi) is 22.9. The number of nitrogens with zero attached hydrogens (tertiary/aromatic N) is 5. The van der Waals surface area contributed by atoms with Crippen molar-refractivity contribution in [1.82, 2.24) is 27.8 Å². The Bertz CT molecular complexity index is 4360. The van der Waals surface area contributed by atoms with E-state index in [4.69, 9.17) is 34.9 Å². The molecule has 9 rings (SSSR count). The van der Waals surface area contributed by atoms with E-state index in [1.165, 1.54) is 91.4 Å². The molecule has 0 saturated heterocycles. The number of fused-ring (bicyclic) bond motifs is 2. The topological polar surface area (TPSA) is 234 Å². The van der Waals surface area contributed by atoms with Crippen LogP contribution in [0, 0.1) is 32.6 Å². The third-order valence-corrected chi connectivity index (χ3v) is 13.6. The van der Waals surface area contributed by atoms with Crippen molar-refractivity contribution in [3.05, 3.63) is 207 Å². The summed E-state index contributed by atoms with van der Waals surface area (Å²) in [5.41, 5.74) is -1.16. The van der Waals surface area contributed by atoms with Gasteiger partial charge in [-0.1, -0.05) is 39.1 Å². The van der Waals surface area contributed by atoms with Crippen LogP contribution in [0.1, 0.15) is 45.4 Å². The fourth-order valence-electron chi connectivity index (χ4n) is 8.70. The maximum atomic E-state index is 15.0. The van der Waals surface area contributed by atoms with E-state index in [1.807, 2.05) is 45.2 Å². The molecule has 19 nitrogen and oxygen atoms in total. The lowest BCUT2D eigenvalue weighted by atomic mass is 10.1. The quantitative estimate of drug-likeness (QED) is 0.0603. The van der Waals surface area contributed by atoms with Gasteiger partial charge in [-0.05, 0) is 150 Å². The van der Waals surface area contributed by atoms with E-state index in [9.17, 15) is 47.1 Å². The van der Waals surface area contributed by atoms with Crippen molar-refractivity contribution in [2.24, 2.45) is 14.1 Å². The molecule has 5 N–H and O–H groups in total. The van der Waals surface area contributed by atoms with Crippen molar-refractivity contribution in [3.63, 3.8) is 0 Å². The molecular weight excluding hydrogens is 1380 g/mol. The molecule has 9 aromatic rings. The summed E-state index contributed by atoms with van der Waals surface area (Å²) in [7, 11) is 19.3. The zero-order valence-electron chi connectivity index (χ0n) is 43.7. The minimum atomic E-state index is -1.72. The van der Waals surface area contributed by atoms with Gasteiger partial charge < -0.3 is 26.0 Å². The molecule has 0 bridgehead atoms. The zero-order chi connectivity index (χ0) is 59.3. The van der Waals surface area contributed by atoms with Gasteiger partial charge in [-0.25, -0.2) is 48.5 Å². The molecule has 0 unspecified atom stereocenters. The van der Waals surface area contributed by atoms with Gasteiger partial charge in [-0.3, -0.25) is 56.6 Å². The van der Waals surface area contributed by atoms with Gasteiger partial charge in [-0.15, -0.1) is 0 Å². The average molecular weight is 1440 g/mol. The second kappa shape index (κ2) is 28.5. The lowest BCUT2D eigenvalue weighted by Crippen LogP contribution is -2.41. The molecule has 0 aliphatic carbocycles. The van der Waals surface area contributed by atoms with E-state index < -0.39 is 56.6 Å². The third-order valence-electron chi connectivity index (χ3n) is 12.3. The molecule has 27 heteroatoms. The Morgan fingerprint density at radius 3 is 1.49 bits per heavy atom. The highest BCUT2D eigenvalue weighted by Gasteiger charge is 2.25. The van der Waals surface area contributed by atoms with E-state index in [2.05, 4.69) is 26.3 Å². The van der Waals surface area contributed by atoms with Crippen molar-refractivity contribution in [3.8, 4) is 17.1 Å². The highest BCUT2D eigenvalue weighted by molar-refractivity contribution is 14.1. The molecule has 4 aromatic heterocycles. The number of aromatic amines is 1. The number of halogens is 7. The van der Waals surface area contributed by atoms with Crippen molar-refractivity contribution < 1.29 is 23.1 Å². The third kappa shape index (κ3) is 15.0. The largest absolute Gasteiger partial charge is 0.643 e. The Morgan fingerprint density at radius 1 is 0.627 bits per heavy atom. The second-order valence-corrected chi connectivity index (χ2v) is 26.7. The van der Waals surface area contributed by atoms with Gasteiger partial charge in [0.15, 0.2) is 0 Å². The van der Waals surface area contributed by atoms with Crippen LogP contribution in [0.2, 0.25) is 0 Å². The van der Waals surface area contributed by atoms with E-state index in [-0.39, 0.29) is 89.2 Å². The number of hydrogen-bond acceptors (Lipinski definition) is 11. The predicted octanol–water partition coefficient (Wildman–Crippen LogP) is 10.8. The Morgan fingerprint density at radius 2 is 1.06 bits per heavy atom. The molecule has 434 valence electrons. The highest BCUT2D eigenvalue weighted by Crippen LogP contribution is 2.30. The number of ether oxygens (including phenoxy) is 1. The normalized spacial score (nSPS) is 10.5. The van der Waals surface area contributed by atoms with Gasteiger partial charge in [0.1, 0.15) is 39.8 Å². The van der Waals surface area contributed by atoms with Gasteiger partial charge in [0.25, 0.3) is 22.2 Å². The van der Waals surface area contributed by atoms with Crippen LogP contribution >= 0.6 is 75.3 Å². The number of carbonyl (C=O) groups excluding carboxylic acids is 2. The number of amides is 2. The van der Waals surface area contributed by atoms with E-state index in [0.29, 0.717) is 41.2 Å². The molecule has 5 aromatic carbocycles. The molecule has 0 fully saturated rings. The van der Waals surface area contributed by atoms with Crippen LogP contribution in [0.25, 0.3) is 33.2 Å². The number of carbonyl (C=O) groups is 2. The van der Waals surface area contributed by atoms with Gasteiger partial charge in [-0.2, -0.15) is 0 Å². The average Bonchev–Trinajstić information content (AvgIpc) is 2.93. The molecule has 0 spiro atoms. The smallest absolute Gasteiger partial charge is 0.497 e. The SMILES string of the molecule is C.C.CC(=O)Nc1cccc(-n2c(=O)[nH]c(=O)c3c(Nc4ccc(I)cc4F)n(C)c(=O)c(C)c32)c1.COc1ccc(Cn2c(=O)c3c(Nc4ccc(I)cc4F)n(C)c(=O)c(C)c3n(-c3cccc(NC(C)=O)c3)c2=O)cc1.[Cl][Al]([Cl])[Cl]. The molecule has 0 aliphatic heterocycles. The summed E-state index contributed by atoms with van der Waals surface area (Å²) in [6.45, 7) is 5.65. The zero-order valence-corrected chi connectivity index (χ0v) is 51.5. The summed E-state index contributed by atoms with van der Waals surface area (Å²) in [4.78, 5) is 107. The number of H-pyrrole nitrogens is 1. The second-order valence-electron chi connectivity index (χ2n) is 17.8. The minimum absolute atomic E-state index is 0. The van der Waals surface area contributed by atoms with Crippen molar-refractivity contribution >= 4 is 155 Å². The van der Waals surface area contributed by atoms with Gasteiger partial charge in [0, 0.05) is 57.6 Å². The first-order valence-electron chi connectivity index (χ1n) is 23.8. The monoisotopic (exact) mass is 1430 g/mol. The Labute approximate surface area is 517 Å². The van der Waals surface area contributed by atoms with Gasteiger partial charge in [0.05, 0.1) is 47.4 Å². The first kappa shape index (κ1) is 66.7. The molecule has 4 heterocycles. The molecule has 2 amide bonds. The summed E-state index contributed by atoms with van der Waals surface area (Å²) >= 11 is 2.23. The number of rotatable bonds is 11. The molecule has 0 atom stereocenters. The van der Waals surface area contributed by atoms with Crippen LogP contribution < -0.4 is 59.6 Å². The number of aromatic nitrogens is 6. The lowest BCUT2D eigenvalue weighted by molar-refractivity contribution is -0.115. The lowest BCUT2D eigenvalue weighted by Gasteiger charge is -2.21. The number of nitrogens with one attached hydrogen (secondary N) is 5. The summed E-state index contributed by atoms with van der Waals surface area (Å²) in [6, 6.07) is 28.8. The first-order chi connectivity index (χ1) is 38.3. The van der Waals surface area contributed by atoms with Gasteiger partial charge in [0.2, 0.25) is 11.8 Å². The Balaban J connectivity index is 0.000000285. The number of benzene rings is 5. The Hall–Kier alpha value is -7.06. The number of pyridine rings is 2. The van der Waals surface area contributed by atoms with Crippen molar-refractivity contribution in [2.75, 3.05) is 28.4 Å². The first-order valence-corrected chi connectivity index (χ1v) is 31.2. The summed E-state index contributed by atoms with van der Waals surface area (Å²) < 4.78 is 42.1. The fraction of sp³-hybridized carbons (Fsp3) is 0.179. The summed E-state index contributed by atoms with van der Waals surface area (Å²) in [5, 5.41) is 11.1. The summed E-state index contributed by atoms with van der Waals surface area (Å²) in [5.74, 6) is -1.10. The number of hydrogen-bond donors (Lipinski definition) is 5. The maximum Gasteiger partial charge on any atom is 0.643 e. The number of methoxy groups -OCH3 is 1. The molecule has 0 aliphatic rings. The number of anilines is 6. The van der Waals surface area contributed by atoms with Crippen LogP contribution in [-0.2, 0) is 30.2 Å². The molecule has 83 heavy (non-hydrogen) atoms. The van der Waals surface area contributed by atoms with E-state index in [0.717, 1.165) is 4.57 Å². The molecule has 0 saturated carbocycles. The van der Waals surface area contributed by atoms with E-state index >= 15 is 0 Å². The molecule has 0 radical (unpaired) electrons. The van der Waals surface area contributed by atoms with Crippen LogP contribution in [-0.4, -0.2) is 58.1 Å². The van der Waals surface area contributed by atoms with Gasteiger partial charge >= 0.3 is 22.8 Å². The fourth-order valence-corrected chi connectivity index (χ4v) is 9.60. The van der Waals surface area contributed by atoms with Crippen LogP contribution in [0.5, 0.6) is 5.75 Å². The molecular formula is C56H54AlCl3F2I2N10O9. The van der Waals surface area contributed by atoms with Crippen molar-refractivity contribution in [1.29, 1.82) is 0 Å². The minimum Gasteiger partial charge on any atom is -0.497 e. The summed E-state index contributed by atoms with van der Waals surface area (Å²) in [6.07, 6.45) is 0. The van der Waals surface area contributed by atoms with Crippen LogP contribution in [0.3, 0.4) is 0 Å². The highest BCUT2D eigenvalue weighted by atomic mass is 127. The van der Waals surface area contributed by atoms with Crippen LogP contribution in [0.15, 0.2) is 138 Å².